The van der Waals surface area contributed by atoms with Crippen LogP contribution in [-0.2, 0) is 10.9 Å². The Hall–Kier alpha value is -2.37. The zero-order valence-electron chi connectivity index (χ0n) is 9.79. The highest BCUT2D eigenvalue weighted by Crippen LogP contribution is 2.40. The number of esters is 1. The largest absolute Gasteiger partial charge is 0.465 e. The van der Waals surface area contributed by atoms with E-state index in [1.54, 1.807) is 0 Å². The summed E-state index contributed by atoms with van der Waals surface area (Å²) >= 11 is 0. The molecule has 0 aliphatic rings. The Morgan fingerprint density at radius 3 is 2.35 bits per heavy atom. The number of alkyl halides is 5. The molecule has 0 radical (unpaired) electrons. The Labute approximate surface area is 109 Å². The average Bonchev–Trinajstić information content (AvgIpc) is 2.35. The van der Waals surface area contributed by atoms with E-state index in [-0.39, 0.29) is 0 Å². The number of nitriles is 1. The lowest BCUT2D eigenvalue weighted by atomic mass is 10.0. The summed E-state index contributed by atoms with van der Waals surface area (Å²) in [4.78, 5) is 11.3. The Morgan fingerprint density at radius 1 is 1.35 bits per heavy atom. The molecule has 4 nitrogen and oxygen atoms in total. The Bertz CT molecular complexity index is 562. The van der Waals surface area contributed by atoms with Crippen LogP contribution in [0.4, 0.5) is 22.0 Å². The van der Waals surface area contributed by atoms with Gasteiger partial charge in [-0.25, -0.2) is 4.79 Å². The van der Waals surface area contributed by atoms with Crippen LogP contribution in [-0.4, -0.2) is 19.7 Å². The lowest BCUT2D eigenvalue weighted by Gasteiger charge is -2.16. The average molecular weight is 295 g/mol. The van der Waals surface area contributed by atoms with Crippen molar-refractivity contribution in [1.29, 1.82) is 5.26 Å². The molecule has 0 amide bonds. The highest BCUT2D eigenvalue weighted by molar-refractivity contribution is 5.93. The molecule has 1 aromatic carbocycles. The SMILES string of the molecule is COC(=O)c1ccc(OC(F)F)c(C(F)(F)F)c1C#N. The first kappa shape index (κ1) is 15.7. The van der Waals surface area contributed by atoms with Crippen molar-refractivity contribution in [2.75, 3.05) is 7.11 Å². The number of benzene rings is 1. The van der Waals surface area contributed by atoms with E-state index in [1.165, 1.54) is 0 Å². The zero-order chi connectivity index (χ0) is 15.5. The van der Waals surface area contributed by atoms with Crippen molar-refractivity contribution in [3.63, 3.8) is 0 Å². The molecule has 0 bridgehead atoms. The number of hydrogen-bond donors (Lipinski definition) is 0. The summed E-state index contributed by atoms with van der Waals surface area (Å²) in [5, 5.41) is 8.76. The number of nitrogens with zero attached hydrogens (tertiary/aromatic N) is 1. The van der Waals surface area contributed by atoms with Gasteiger partial charge in [-0.05, 0) is 12.1 Å². The highest BCUT2D eigenvalue weighted by Gasteiger charge is 2.40. The molecule has 0 aliphatic heterocycles. The minimum atomic E-state index is -5.15. The first-order chi connectivity index (χ1) is 9.22. The third kappa shape index (κ3) is 3.14. The topological polar surface area (TPSA) is 59.3 Å². The van der Waals surface area contributed by atoms with Crippen LogP contribution in [0.3, 0.4) is 0 Å². The highest BCUT2D eigenvalue weighted by atomic mass is 19.4. The maximum atomic E-state index is 12.9. The molecule has 0 unspecified atom stereocenters. The van der Waals surface area contributed by atoms with Gasteiger partial charge in [0.1, 0.15) is 17.4 Å². The molecule has 0 aliphatic carbocycles. The van der Waals surface area contributed by atoms with Gasteiger partial charge < -0.3 is 9.47 Å². The molecule has 0 atom stereocenters. The lowest BCUT2D eigenvalue weighted by molar-refractivity contribution is -0.142. The van der Waals surface area contributed by atoms with Gasteiger partial charge in [0.15, 0.2) is 0 Å². The summed E-state index contributed by atoms with van der Waals surface area (Å²) in [5.74, 6) is -2.44. The number of carbonyl (C=O) groups is 1. The van der Waals surface area contributed by atoms with Gasteiger partial charge in [-0.15, -0.1) is 0 Å². The quantitative estimate of drug-likeness (QED) is 0.635. The fourth-order valence-electron chi connectivity index (χ4n) is 1.46. The summed E-state index contributed by atoms with van der Waals surface area (Å²) < 4.78 is 70.7. The minimum Gasteiger partial charge on any atom is -0.465 e. The van der Waals surface area contributed by atoms with Crippen molar-refractivity contribution in [2.24, 2.45) is 0 Å². The van der Waals surface area contributed by atoms with Gasteiger partial charge in [-0.2, -0.15) is 27.2 Å². The summed E-state index contributed by atoms with van der Waals surface area (Å²) in [6.07, 6.45) is -5.15. The molecule has 0 saturated heterocycles. The first-order valence-corrected chi connectivity index (χ1v) is 4.89. The Kier molecular flexibility index (Phi) is 4.49. The Balaban J connectivity index is 3.61. The fourth-order valence-corrected chi connectivity index (χ4v) is 1.46. The molecule has 20 heavy (non-hydrogen) atoms. The van der Waals surface area contributed by atoms with Crippen molar-refractivity contribution >= 4 is 5.97 Å². The standard InChI is InChI=1S/C11H6F5NO3/c1-19-9(18)5-2-3-7(20-10(12)13)8(6(5)4-17)11(14,15)16/h2-3,10H,1H3. The molecule has 0 saturated carbocycles. The van der Waals surface area contributed by atoms with Crippen LogP contribution in [0.1, 0.15) is 21.5 Å². The van der Waals surface area contributed by atoms with E-state index in [2.05, 4.69) is 9.47 Å². The second-order valence-electron chi connectivity index (χ2n) is 3.34. The number of carbonyl (C=O) groups excluding carboxylic acids is 1. The first-order valence-electron chi connectivity index (χ1n) is 4.89. The maximum Gasteiger partial charge on any atom is 0.421 e. The van der Waals surface area contributed by atoms with Crippen LogP contribution in [0.25, 0.3) is 0 Å². The maximum absolute atomic E-state index is 12.9. The Morgan fingerprint density at radius 2 is 1.95 bits per heavy atom. The summed E-state index contributed by atoms with van der Waals surface area (Å²) in [7, 11) is 0.903. The monoisotopic (exact) mass is 295 g/mol. The molecule has 108 valence electrons. The van der Waals surface area contributed by atoms with Gasteiger partial charge in [0.05, 0.1) is 18.2 Å². The van der Waals surface area contributed by atoms with Crippen molar-refractivity contribution in [3.05, 3.63) is 28.8 Å². The van der Waals surface area contributed by atoms with Crippen LogP contribution in [0, 0.1) is 11.3 Å². The summed E-state index contributed by atoms with van der Waals surface area (Å²) in [6, 6.07) is 2.43. The molecule has 0 N–H and O–H groups in total. The lowest BCUT2D eigenvalue weighted by Crippen LogP contribution is -2.16. The van der Waals surface area contributed by atoms with E-state index in [9.17, 15) is 26.7 Å². The van der Waals surface area contributed by atoms with Crippen LogP contribution >= 0.6 is 0 Å². The van der Waals surface area contributed by atoms with Crippen molar-refractivity contribution in [3.8, 4) is 11.8 Å². The second-order valence-corrected chi connectivity index (χ2v) is 3.34. The molecule has 0 fully saturated rings. The zero-order valence-corrected chi connectivity index (χ0v) is 9.79. The van der Waals surface area contributed by atoms with Gasteiger partial charge in [0, 0.05) is 0 Å². The van der Waals surface area contributed by atoms with E-state index < -0.39 is 41.2 Å². The van der Waals surface area contributed by atoms with Gasteiger partial charge in [0.2, 0.25) is 0 Å². The predicted molar refractivity (Wildman–Crippen MR) is 54.1 cm³/mol. The van der Waals surface area contributed by atoms with Crippen LogP contribution in [0.15, 0.2) is 12.1 Å². The number of hydrogen-bond acceptors (Lipinski definition) is 4. The van der Waals surface area contributed by atoms with E-state index in [0.717, 1.165) is 19.2 Å². The third-order valence-electron chi connectivity index (χ3n) is 2.18. The van der Waals surface area contributed by atoms with Crippen LogP contribution in [0.2, 0.25) is 0 Å². The van der Waals surface area contributed by atoms with Gasteiger partial charge in [-0.3, -0.25) is 0 Å². The fraction of sp³-hybridized carbons (Fsp3) is 0.273. The smallest absolute Gasteiger partial charge is 0.421 e. The second kappa shape index (κ2) is 5.73. The van der Waals surface area contributed by atoms with Crippen LogP contribution < -0.4 is 4.74 Å². The third-order valence-corrected chi connectivity index (χ3v) is 2.18. The summed E-state index contributed by atoms with van der Waals surface area (Å²) in [5.41, 5.74) is -3.57. The van der Waals surface area contributed by atoms with E-state index >= 15 is 0 Å². The molecule has 0 aromatic heterocycles. The molecule has 0 heterocycles. The summed E-state index contributed by atoms with van der Waals surface area (Å²) in [6.45, 7) is -3.51. The molecule has 0 spiro atoms. The number of methoxy groups -OCH3 is 1. The number of ether oxygens (including phenoxy) is 2. The molecule has 1 aromatic rings. The van der Waals surface area contributed by atoms with E-state index in [1.807, 2.05) is 0 Å². The van der Waals surface area contributed by atoms with E-state index in [4.69, 9.17) is 5.26 Å². The van der Waals surface area contributed by atoms with E-state index in [0.29, 0.717) is 6.07 Å². The number of halogens is 5. The van der Waals surface area contributed by atoms with Gasteiger partial charge in [-0.1, -0.05) is 0 Å². The predicted octanol–water partition coefficient (Wildman–Crippen LogP) is 2.97. The molecular formula is C11H6F5NO3. The van der Waals surface area contributed by atoms with Crippen molar-refractivity contribution < 1.29 is 36.2 Å². The molecule has 1 rings (SSSR count). The van der Waals surface area contributed by atoms with Crippen LogP contribution in [0.5, 0.6) is 5.75 Å². The van der Waals surface area contributed by atoms with Gasteiger partial charge >= 0.3 is 18.8 Å². The molecule has 9 heteroatoms. The van der Waals surface area contributed by atoms with Crippen molar-refractivity contribution in [1.82, 2.24) is 0 Å². The molecular weight excluding hydrogens is 289 g/mol. The van der Waals surface area contributed by atoms with Crippen molar-refractivity contribution in [2.45, 2.75) is 12.8 Å². The van der Waals surface area contributed by atoms with Gasteiger partial charge in [0.25, 0.3) is 0 Å². The number of rotatable bonds is 3. The normalized spacial score (nSPS) is 11.1. The minimum absolute atomic E-state index is 0.530.